The van der Waals surface area contributed by atoms with Crippen LogP contribution in [-0.2, 0) is 27.3 Å². The molecule has 1 fully saturated rings. The molecule has 0 atom stereocenters. The number of rotatable bonds is 8. The van der Waals surface area contributed by atoms with E-state index in [0.717, 1.165) is 24.0 Å². The molecule has 0 unspecified atom stereocenters. The fourth-order valence-electron chi connectivity index (χ4n) is 3.34. The minimum atomic E-state index is -3.47. The molecule has 0 saturated carbocycles. The molecule has 0 spiro atoms. The Balaban J connectivity index is 0.00000187. The second-order valence-corrected chi connectivity index (χ2v) is 8.86. The molecule has 0 amide bonds. The minimum absolute atomic E-state index is 0.0307. The fourth-order valence-corrected chi connectivity index (χ4v) is 3.73. The van der Waals surface area contributed by atoms with Gasteiger partial charge in [-0.15, -0.1) is 0 Å². The van der Waals surface area contributed by atoms with Gasteiger partial charge in [0, 0.05) is 51.0 Å². The number of hydrogen-bond donors (Lipinski definition) is 0. The first kappa shape index (κ1) is 26.6. The van der Waals surface area contributed by atoms with E-state index in [1.807, 2.05) is 19.9 Å². The van der Waals surface area contributed by atoms with Gasteiger partial charge in [0.05, 0.1) is 29.9 Å². The SMILES string of the molecule is CC.CS(=O)(=O)OCCc1ccc(CN2CCN(c3c(F)cc([N+](=O)[O-])cc3F)CC2)cn1. The van der Waals surface area contributed by atoms with E-state index in [2.05, 4.69) is 9.88 Å². The van der Waals surface area contributed by atoms with Crippen LogP contribution in [0.4, 0.5) is 20.2 Å². The average Bonchev–Trinajstić information content (AvgIpc) is 2.76. The molecule has 33 heavy (non-hydrogen) atoms. The van der Waals surface area contributed by atoms with Crippen molar-refractivity contribution in [3.05, 3.63) is 63.5 Å². The largest absolute Gasteiger partial charge is 0.364 e. The number of halogens is 2. The van der Waals surface area contributed by atoms with Crippen LogP contribution < -0.4 is 4.90 Å². The van der Waals surface area contributed by atoms with Crippen LogP contribution in [0.15, 0.2) is 30.5 Å². The van der Waals surface area contributed by atoms with Crippen molar-refractivity contribution in [2.75, 3.05) is 43.9 Å². The van der Waals surface area contributed by atoms with E-state index in [4.69, 9.17) is 4.18 Å². The number of piperazine rings is 1. The van der Waals surface area contributed by atoms with Crippen molar-refractivity contribution < 1.29 is 26.3 Å². The van der Waals surface area contributed by atoms with Gasteiger partial charge in [-0.05, 0) is 11.6 Å². The number of nitro groups is 1. The van der Waals surface area contributed by atoms with E-state index >= 15 is 0 Å². The molecule has 182 valence electrons. The smallest absolute Gasteiger partial charge is 0.275 e. The van der Waals surface area contributed by atoms with Crippen LogP contribution in [-0.4, -0.2) is 62.3 Å². The Labute approximate surface area is 192 Å². The summed E-state index contributed by atoms with van der Waals surface area (Å²) >= 11 is 0. The summed E-state index contributed by atoms with van der Waals surface area (Å²) in [6, 6.07) is 5.17. The third kappa shape index (κ3) is 7.98. The molecule has 2 heterocycles. The van der Waals surface area contributed by atoms with Gasteiger partial charge in [-0.25, -0.2) is 8.78 Å². The van der Waals surface area contributed by atoms with Crippen LogP contribution in [0, 0.1) is 21.7 Å². The zero-order chi connectivity index (χ0) is 24.6. The maximum atomic E-state index is 14.2. The zero-order valence-electron chi connectivity index (χ0n) is 18.8. The van der Waals surface area contributed by atoms with Crippen molar-refractivity contribution in [2.45, 2.75) is 26.8 Å². The molecule has 3 rings (SSSR count). The van der Waals surface area contributed by atoms with E-state index in [1.54, 1.807) is 17.2 Å². The van der Waals surface area contributed by atoms with Crippen molar-refractivity contribution >= 4 is 21.5 Å². The molecular weight excluding hydrogens is 458 g/mol. The van der Waals surface area contributed by atoms with Gasteiger partial charge in [0.15, 0.2) is 11.6 Å². The van der Waals surface area contributed by atoms with Crippen LogP contribution in [0.3, 0.4) is 0 Å². The van der Waals surface area contributed by atoms with E-state index in [-0.39, 0.29) is 12.3 Å². The molecule has 1 saturated heterocycles. The highest BCUT2D eigenvalue weighted by Crippen LogP contribution is 2.29. The highest BCUT2D eigenvalue weighted by molar-refractivity contribution is 7.85. The number of pyridine rings is 1. The van der Waals surface area contributed by atoms with Gasteiger partial charge in [0.1, 0.15) is 5.69 Å². The monoisotopic (exact) mass is 486 g/mol. The van der Waals surface area contributed by atoms with E-state index in [9.17, 15) is 27.3 Å². The van der Waals surface area contributed by atoms with Crippen molar-refractivity contribution in [3.8, 4) is 0 Å². The van der Waals surface area contributed by atoms with Gasteiger partial charge < -0.3 is 4.90 Å². The van der Waals surface area contributed by atoms with Crippen molar-refractivity contribution in [1.29, 1.82) is 0 Å². The summed E-state index contributed by atoms with van der Waals surface area (Å²) in [5.41, 5.74) is 0.805. The topological polar surface area (TPSA) is 106 Å². The van der Waals surface area contributed by atoms with Gasteiger partial charge >= 0.3 is 0 Å². The number of non-ortho nitro benzene ring substituents is 1. The lowest BCUT2D eigenvalue weighted by molar-refractivity contribution is -0.385. The molecule has 2 aromatic rings. The molecule has 9 nitrogen and oxygen atoms in total. The van der Waals surface area contributed by atoms with Gasteiger partial charge in [-0.3, -0.25) is 24.2 Å². The molecule has 1 aliphatic rings. The standard InChI is InChI=1S/C19H22F2N4O5S.C2H6/c1-31(28,29)30-9-4-15-3-2-14(12-22-15)13-23-5-7-24(8-6-23)19-17(20)10-16(25(26)27)11-18(19)21;1-2/h2-3,10-12H,4-9,13H2,1H3;1-2H3. The number of nitrogens with zero attached hydrogens (tertiary/aromatic N) is 4. The molecule has 0 aliphatic carbocycles. The predicted molar refractivity (Wildman–Crippen MR) is 121 cm³/mol. The molecule has 1 aromatic heterocycles. The quantitative estimate of drug-likeness (QED) is 0.318. The normalized spacial score (nSPS) is 14.5. The van der Waals surface area contributed by atoms with Crippen LogP contribution >= 0.6 is 0 Å². The number of nitro benzene ring substituents is 1. The second-order valence-electron chi connectivity index (χ2n) is 7.21. The summed E-state index contributed by atoms with van der Waals surface area (Å²) in [6.07, 6.45) is 3.07. The first-order valence-electron chi connectivity index (χ1n) is 10.5. The Kier molecular flexibility index (Phi) is 9.62. The van der Waals surface area contributed by atoms with Gasteiger partial charge in [0.2, 0.25) is 0 Å². The van der Waals surface area contributed by atoms with Crippen molar-refractivity contribution in [3.63, 3.8) is 0 Å². The fraction of sp³-hybridized carbons (Fsp3) is 0.476. The van der Waals surface area contributed by atoms with Crippen molar-refractivity contribution in [2.24, 2.45) is 0 Å². The van der Waals surface area contributed by atoms with Gasteiger partial charge in [0.25, 0.3) is 15.8 Å². The lowest BCUT2D eigenvalue weighted by atomic mass is 10.2. The third-order valence-electron chi connectivity index (χ3n) is 4.85. The molecule has 0 radical (unpaired) electrons. The molecule has 0 bridgehead atoms. The molecule has 1 aromatic carbocycles. The zero-order valence-corrected chi connectivity index (χ0v) is 19.6. The van der Waals surface area contributed by atoms with Crippen LogP contribution in [0.2, 0.25) is 0 Å². The Morgan fingerprint density at radius 1 is 1.12 bits per heavy atom. The first-order valence-corrected chi connectivity index (χ1v) is 12.3. The summed E-state index contributed by atoms with van der Waals surface area (Å²) in [5.74, 6) is -1.89. The lowest BCUT2D eigenvalue weighted by Gasteiger charge is -2.36. The predicted octanol–water partition coefficient (Wildman–Crippen LogP) is 3.14. The Bertz CT molecular complexity index is 1020. The van der Waals surface area contributed by atoms with Crippen LogP contribution in [0.1, 0.15) is 25.1 Å². The highest BCUT2D eigenvalue weighted by atomic mass is 32.2. The summed E-state index contributed by atoms with van der Waals surface area (Å²) in [6.45, 7) is 6.49. The lowest BCUT2D eigenvalue weighted by Crippen LogP contribution is -2.46. The second kappa shape index (κ2) is 12.0. The maximum Gasteiger partial charge on any atom is 0.275 e. The van der Waals surface area contributed by atoms with E-state index < -0.39 is 32.4 Å². The number of benzene rings is 1. The molecule has 12 heteroatoms. The highest BCUT2D eigenvalue weighted by Gasteiger charge is 2.25. The van der Waals surface area contributed by atoms with Crippen LogP contribution in [0.25, 0.3) is 0 Å². The maximum absolute atomic E-state index is 14.2. The number of aromatic nitrogens is 1. The van der Waals surface area contributed by atoms with Gasteiger partial charge in [-0.1, -0.05) is 19.9 Å². The van der Waals surface area contributed by atoms with E-state index in [0.29, 0.717) is 44.8 Å². The summed E-state index contributed by atoms with van der Waals surface area (Å²) in [7, 11) is -3.47. The Hall–Kier alpha value is -2.70. The molecule has 1 aliphatic heterocycles. The van der Waals surface area contributed by atoms with E-state index in [1.165, 1.54) is 0 Å². The Morgan fingerprint density at radius 3 is 2.21 bits per heavy atom. The molecular formula is C21H28F2N4O5S. The summed E-state index contributed by atoms with van der Waals surface area (Å²) < 4.78 is 55.1. The molecule has 0 N–H and O–H groups in total. The summed E-state index contributed by atoms with van der Waals surface area (Å²) in [4.78, 5) is 17.9. The minimum Gasteiger partial charge on any atom is -0.364 e. The third-order valence-corrected chi connectivity index (χ3v) is 5.44. The van der Waals surface area contributed by atoms with Gasteiger partial charge in [-0.2, -0.15) is 8.42 Å². The van der Waals surface area contributed by atoms with Crippen molar-refractivity contribution in [1.82, 2.24) is 9.88 Å². The first-order chi connectivity index (χ1) is 15.6. The Morgan fingerprint density at radius 2 is 1.73 bits per heavy atom. The average molecular weight is 487 g/mol. The number of anilines is 1. The number of hydrogen-bond acceptors (Lipinski definition) is 8. The van der Waals surface area contributed by atoms with Crippen LogP contribution in [0.5, 0.6) is 0 Å². The summed E-state index contributed by atoms with van der Waals surface area (Å²) in [5, 5.41) is 10.7.